The maximum absolute atomic E-state index is 11.7. The van der Waals surface area contributed by atoms with E-state index in [0.29, 0.717) is 61.2 Å². The number of aryl methyl sites for hydroxylation is 1. The molecule has 1 saturated heterocycles. The molecule has 0 atom stereocenters. The number of nitrogens with one attached hydrogen (secondary N) is 1. The molecule has 0 saturated carbocycles. The number of aromatic nitrogens is 3. The van der Waals surface area contributed by atoms with Crippen molar-refractivity contribution in [3.05, 3.63) is 24.2 Å². The molecule has 10 nitrogen and oxygen atoms in total. The van der Waals surface area contributed by atoms with Crippen molar-refractivity contribution in [2.45, 2.75) is 25.7 Å². The summed E-state index contributed by atoms with van der Waals surface area (Å²) in [5, 5.41) is 12.1. The van der Waals surface area contributed by atoms with Gasteiger partial charge in [-0.2, -0.15) is 0 Å². The summed E-state index contributed by atoms with van der Waals surface area (Å²) < 4.78 is 10.5. The Labute approximate surface area is 179 Å². The predicted octanol–water partition coefficient (Wildman–Crippen LogP) is 1.75. The molecule has 2 N–H and O–H groups in total. The molecule has 0 aromatic carbocycles. The second-order valence-corrected chi connectivity index (χ2v) is 7.64. The molecule has 4 heterocycles. The number of hydrogen-bond acceptors (Lipinski definition) is 8. The van der Waals surface area contributed by atoms with Gasteiger partial charge in [0.2, 0.25) is 5.88 Å². The van der Waals surface area contributed by atoms with Crippen LogP contribution in [0.4, 0.5) is 11.5 Å². The third-order valence-electron chi connectivity index (χ3n) is 5.47. The van der Waals surface area contributed by atoms with Crippen molar-refractivity contribution < 1.29 is 24.2 Å². The lowest BCUT2D eigenvalue weighted by Gasteiger charge is -2.32. The molecule has 1 amide bonds. The number of piperidine rings is 1. The number of carbonyl (C=O) groups excluding carboxylic acids is 1. The van der Waals surface area contributed by atoms with Crippen LogP contribution >= 0.6 is 0 Å². The molecule has 164 valence electrons. The molecule has 2 aromatic rings. The van der Waals surface area contributed by atoms with Gasteiger partial charge in [0.1, 0.15) is 11.4 Å². The van der Waals surface area contributed by atoms with Crippen molar-refractivity contribution >= 4 is 23.4 Å². The van der Waals surface area contributed by atoms with Gasteiger partial charge in [0, 0.05) is 44.8 Å². The van der Waals surface area contributed by atoms with Gasteiger partial charge in [-0.1, -0.05) is 0 Å². The van der Waals surface area contributed by atoms with Gasteiger partial charge < -0.3 is 24.8 Å². The fourth-order valence-corrected chi connectivity index (χ4v) is 3.80. The first-order valence-corrected chi connectivity index (χ1v) is 10.3. The lowest BCUT2D eigenvalue weighted by atomic mass is 9.97. The largest absolute Gasteiger partial charge is 0.481 e. The summed E-state index contributed by atoms with van der Waals surface area (Å²) in [7, 11) is 1.67. The van der Waals surface area contributed by atoms with Gasteiger partial charge >= 0.3 is 5.97 Å². The third-order valence-corrected chi connectivity index (χ3v) is 5.47. The minimum atomic E-state index is -0.756. The summed E-state index contributed by atoms with van der Waals surface area (Å²) in [6.07, 6.45) is 6.06. The fraction of sp³-hybridized carbons (Fsp3) is 0.476. The van der Waals surface area contributed by atoms with Crippen molar-refractivity contribution in [1.29, 1.82) is 0 Å². The van der Waals surface area contributed by atoms with Crippen LogP contribution < -0.4 is 15.0 Å². The minimum Gasteiger partial charge on any atom is -0.481 e. The van der Waals surface area contributed by atoms with Crippen LogP contribution in [0.3, 0.4) is 0 Å². The molecular weight excluding hydrogens is 402 g/mol. The topological polar surface area (TPSA) is 127 Å². The summed E-state index contributed by atoms with van der Waals surface area (Å²) in [5.41, 5.74) is 2.68. The smallest absolute Gasteiger partial charge is 0.306 e. The lowest BCUT2D eigenvalue weighted by molar-refractivity contribution is -0.142. The molecule has 2 aliphatic rings. The maximum Gasteiger partial charge on any atom is 0.306 e. The zero-order valence-corrected chi connectivity index (χ0v) is 17.3. The number of rotatable bonds is 7. The monoisotopic (exact) mass is 427 g/mol. The highest BCUT2D eigenvalue weighted by atomic mass is 16.5. The number of carboxylic acids is 1. The number of aliphatic carboxylic acids is 1. The summed E-state index contributed by atoms with van der Waals surface area (Å²) in [6, 6.07) is 1.78. The standard InChI is InChI=1S/C21H25N5O5/c1-30-8-2-3-15-11-22-18(14-9-16-20(23-10-14)31-12-17(27)25-16)19(24-15)26-6-4-13(5-7-26)21(28)29/h9-11,13H,2-8,12H2,1H3,(H,25,27)(H,28,29). The Morgan fingerprint density at radius 1 is 1.32 bits per heavy atom. The van der Waals surface area contributed by atoms with Crippen LogP contribution in [0.1, 0.15) is 25.0 Å². The van der Waals surface area contributed by atoms with E-state index in [0.717, 1.165) is 18.5 Å². The van der Waals surface area contributed by atoms with E-state index in [1.807, 2.05) is 0 Å². The quantitative estimate of drug-likeness (QED) is 0.635. The average molecular weight is 427 g/mol. The second kappa shape index (κ2) is 9.25. The number of methoxy groups -OCH3 is 1. The van der Waals surface area contributed by atoms with E-state index < -0.39 is 5.97 Å². The number of hydrogen-bond donors (Lipinski definition) is 2. The summed E-state index contributed by atoms with van der Waals surface area (Å²) in [6.45, 7) is 1.74. The van der Waals surface area contributed by atoms with E-state index in [2.05, 4.69) is 20.2 Å². The number of amides is 1. The van der Waals surface area contributed by atoms with Crippen LogP contribution in [-0.4, -0.2) is 65.3 Å². The van der Waals surface area contributed by atoms with Crippen LogP contribution in [0.25, 0.3) is 11.3 Å². The van der Waals surface area contributed by atoms with Crippen LogP contribution in [0.5, 0.6) is 5.88 Å². The van der Waals surface area contributed by atoms with Crippen molar-refractivity contribution in [1.82, 2.24) is 15.0 Å². The Morgan fingerprint density at radius 2 is 2.13 bits per heavy atom. The number of carbonyl (C=O) groups is 2. The molecule has 31 heavy (non-hydrogen) atoms. The number of nitrogens with zero attached hydrogens (tertiary/aromatic N) is 4. The first-order chi connectivity index (χ1) is 15.0. The van der Waals surface area contributed by atoms with E-state index in [4.69, 9.17) is 14.5 Å². The number of carboxylic acid groups (broad SMARTS) is 1. The van der Waals surface area contributed by atoms with Crippen molar-refractivity contribution in [3.63, 3.8) is 0 Å². The molecule has 0 radical (unpaired) electrons. The molecule has 2 aliphatic heterocycles. The first kappa shape index (κ1) is 21.0. The highest BCUT2D eigenvalue weighted by molar-refractivity contribution is 5.95. The number of pyridine rings is 1. The van der Waals surface area contributed by atoms with Crippen LogP contribution in [0.2, 0.25) is 0 Å². The summed E-state index contributed by atoms with van der Waals surface area (Å²) in [4.78, 5) is 38.9. The van der Waals surface area contributed by atoms with Crippen molar-refractivity contribution in [2.24, 2.45) is 5.92 Å². The highest BCUT2D eigenvalue weighted by Crippen LogP contribution is 2.34. The van der Waals surface area contributed by atoms with Gasteiger partial charge in [0.15, 0.2) is 12.4 Å². The molecule has 0 bridgehead atoms. The Morgan fingerprint density at radius 3 is 2.87 bits per heavy atom. The van der Waals surface area contributed by atoms with E-state index in [1.165, 1.54) is 0 Å². The molecule has 0 unspecified atom stereocenters. The molecule has 2 aromatic heterocycles. The van der Waals surface area contributed by atoms with Gasteiger partial charge in [-0.05, 0) is 31.7 Å². The first-order valence-electron chi connectivity index (χ1n) is 10.3. The molecule has 0 spiro atoms. The van der Waals surface area contributed by atoms with Crippen molar-refractivity contribution in [2.75, 3.05) is 43.6 Å². The van der Waals surface area contributed by atoms with Gasteiger partial charge in [0.05, 0.1) is 11.6 Å². The minimum absolute atomic E-state index is 0.0565. The lowest BCUT2D eigenvalue weighted by Crippen LogP contribution is -2.37. The van der Waals surface area contributed by atoms with Gasteiger partial charge in [-0.15, -0.1) is 0 Å². The van der Waals surface area contributed by atoms with E-state index >= 15 is 0 Å². The maximum atomic E-state index is 11.7. The second-order valence-electron chi connectivity index (χ2n) is 7.64. The van der Waals surface area contributed by atoms with Crippen LogP contribution in [-0.2, 0) is 20.7 Å². The van der Waals surface area contributed by atoms with Crippen LogP contribution in [0.15, 0.2) is 18.5 Å². The van der Waals surface area contributed by atoms with Crippen LogP contribution in [0, 0.1) is 5.92 Å². The van der Waals surface area contributed by atoms with Gasteiger partial charge in [0.25, 0.3) is 5.91 Å². The fourth-order valence-electron chi connectivity index (χ4n) is 3.80. The van der Waals surface area contributed by atoms with Gasteiger partial charge in [-0.25, -0.2) is 9.97 Å². The Bertz CT molecular complexity index is 975. The molecule has 0 aliphatic carbocycles. The zero-order valence-electron chi connectivity index (χ0n) is 17.3. The Balaban J connectivity index is 1.66. The van der Waals surface area contributed by atoms with Gasteiger partial charge in [-0.3, -0.25) is 14.6 Å². The predicted molar refractivity (Wildman–Crippen MR) is 112 cm³/mol. The van der Waals surface area contributed by atoms with E-state index in [-0.39, 0.29) is 18.4 Å². The molecule has 4 rings (SSSR count). The van der Waals surface area contributed by atoms with Crippen molar-refractivity contribution in [3.8, 4) is 17.1 Å². The highest BCUT2D eigenvalue weighted by Gasteiger charge is 2.28. The molecular formula is C21H25N5O5. The number of ether oxygens (including phenoxy) is 2. The number of fused-ring (bicyclic) bond motifs is 1. The third kappa shape index (κ3) is 4.74. The zero-order chi connectivity index (χ0) is 21.8. The summed E-state index contributed by atoms with van der Waals surface area (Å²) >= 11 is 0. The van der Waals surface area contributed by atoms with E-state index in [9.17, 15) is 14.7 Å². The summed E-state index contributed by atoms with van der Waals surface area (Å²) in [5.74, 6) is -0.258. The molecule has 1 fully saturated rings. The SMILES string of the molecule is COCCCc1cnc(-c2cnc3c(c2)NC(=O)CO3)c(N2CCC(C(=O)O)CC2)n1. The molecule has 10 heteroatoms. The average Bonchev–Trinajstić information content (AvgIpc) is 2.79. The Hall–Kier alpha value is -3.27. The number of anilines is 2. The van der Waals surface area contributed by atoms with E-state index in [1.54, 1.807) is 25.6 Å². The normalized spacial score (nSPS) is 16.4. The Kier molecular flexibility index (Phi) is 6.26.